The topological polar surface area (TPSA) is 201 Å². The highest BCUT2D eigenvalue weighted by Gasteiger charge is 2.42. The number of aromatic nitrogens is 5. The molecule has 0 aromatic carbocycles. The summed E-state index contributed by atoms with van der Waals surface area (Å²) in [5.41, 5.74) is -3.43. The van der Waals surface area contributed by atoms with E-state index in [1.165, 1.54) is 23.9 Å². The Morgan fingerprint density at radius 1 is 1.10 bits per heavy atom. The third-order valence-corrected chi connectivity index (χ3v) is 5.96. The smallest absolute Gasteiger partial charge is 0.413 e. The Hall–Kier alpha value is -4.15. The number of tetrazole rings is 1. The number of ether oxygens (including phenoxy) is 2. The van der Waals surface area contributed by atoms with Crippen molar-refractivity contribution in [3.8, 4) is 0 Å². The largest absolute Gasteiger partial charge is 0.457 e. The number of β-lactam (4-membered cyclic amide) rings is 1. The number of nitrogens with one attached hydrogen (secondary N) is 3. The lowest BCUT2D eigenvalue weighted by atomic mass is 9.98. The average molecular weight is 594 g/mol. The van der Waals surface area contributed by atoms with Crippen LogP contribution in [0.4, 0.5) is 9.93 Å². The van der Waals surface area contributed by atoms with E-state index in [0.29, 0.717) is 5.82 Å². The lowest BCUT2D eigenvalue weighted by Gasteiger charge is -2.36. The van der Waals surface area contributed by atoms with Crippen LogP contribution in [-0.4, -0.2) is 83.7 Å². The molecule has 3 rings (SSSR count). The number of nitrogens with zero attached hydrogens (tertiary/aromatic N) is 6. The molecule has 17 heteroatoms. The fraction of sp³-hybridized carbons (Fsp3) is 0.625. The van der Waals surface area contributed by atoms with Crippen molar-refractivity contribution < 1.29 is 33.5 Å². The van der Waals surface area contributed by atoms with Crippen LogP contribution in [0.25, 0.3) is 0 Å². The Morgan fingerprint density at radius 3 is 2.32 bits per heavy atom. The number of hydrogen-bond donors (Lipinski definition) is 3. The lowest BCUT2D eigenvalue weighted by molar-refractivity contribution is -0.179. The Morgan fingerprint density at radius 2 is 1.76 bits per heavy atom. The molecule has 224 valence electrons. The zero-order valence-corrected chi connectivity index (χ0v) is 25.2. The molecule has 1 aliphatic heterocycles. The number of rotatable bonds is 9. The van der Waals surface area contributed by atoms with Gasteiger partial charge in [0.2, 0.25) is 11.5 Å². The van der Waals surface area contributed by atoms with Crippen LogP contribution in [0, 0.1) is 6.92 Å². The first-order valence-corrected chi connectivity index (χ1v) is 13.5. The van der Waals surface area contributed by atoms with Crippen LogP contribution >= 0.6 is 11.3 Å². The van der Waals surface area contributed by atoms with Gasteiger partial charge in [-0.3, -0.25) is 14.9 Å². The van der Waals surface area contributed by atoms with E-state index in [1.54, 1.807) is 48.5 Å². The molecular formula is C24H35N9O7S. The molecule has 2 aromatic heterocycles. The van der Waals surface area contributed by atoms with Crippen LogP contribution in [0.15, 0.2) is 10.5 Å². The minimum Gasteiger partial charge on any atom is -0.457 e. The molecular weight excluding hydrogens is 558 g/mol. The van der Waals surface area contributed by atoms with Gasteiger partial charge in [0.1, 0.15) is 28.8 Å². The normalized spacial score (nSPS) is 17.7. The molecule has 3 N–H and O–H groups in total. The summed E-state index contributed by atoms with van der Waals surface area (Å²) < 4.78 is 12.1. The zero-order chi connectivity index (χ0) is 30.8. The number of thiazole rings is 1. The first-order valence-electron chi connectivity index (χ1n) is 12.6. The van der Waals surface area contributed by atoms with Crippen LogP contribution in [0.5, 0.6) is 0 Å². The number of carbonyl (C=O) groups is 4. The molecule has 3 heterocycles. The molecule has 16 nitrogen and oxygen atoms in total. The molecule has 0 unspecified atom stereocenters. The second-order valence-electron chi connectivity index (χ2n) is 11.7. The van der Waals surface area contributed by atoms with Gasteiger partial charge in [-0.25, -0.2) is 19.3 Å². The molecule has 0 aliphatic carbocycles. The summed E-state index contributed by atoms with van der Waals surface area (Å²) in [6.45, 7) is 15.0. The number of hydrogen-bond acceptors (Lipinski definition) is 13. The van der Waals surface area contributed by atoms with E-state index in [4.69, 9.17) is 14.3 Å². The maximum absolute atomic E-state index is 13.4. The maximum atomic E-state index is 13.4. The summed E-state index contributed by atoms with van der Waals surface area (Å²) in [5.74, 6) is -1.41. The molecule has 1 saturated heterocycles. The van der Waals surface area contributed by atoms with Crippen molar-refractivity contribution >= 4 is 46.1 Å². The molecule has 0 spiro atoms. The number of esters is 1. The minimum absolute atomic E-state index is 0.0196. The number of aryl methyl sites for hydroxylation is 1. The highest BCUT2D eigenvalue weighted by Crippen LogP contribution is 2.21. The minimum atomic E-state index is -1.58. The lowest BCUT2D eigenvalue weighted by Crippen LogP contribution is -2.70. The number of amides is 3. The third-order valence-electron chi connectivity index (χ3n) is 5.21. The van der Waals surface area contributed by atoms with Crippen LogP contribution < -0.4 is 16.0 Å². The summed E-state index contributed by atoms with van der Waals surface area (Å²) in [4.78, 5) is 60.4. The van der Waals surface area contributed by atoms with Crippen LogP contribution in [-0.2, 0) is 35.2 Å². The van der Waals surface area contributed by atoms with Crippen molar-refractivity contribution in [2.24, 2.45) is 5.16 Å². The Kier molecular flexibility index (Phi) is 9.00. The predicted octanol–water partition coefficient (Wildman–Crippen LogP) is 1.31. The Labute approximate surface area is 240 Å². The first kappa shape index (κ1) is 31.4. The summed E-state index contributed by atoms with van der Waals surface area (Å²) in [7, 11) is 0. The second kappa shape index (κ2) is 11.8. The van der Waals surface area contributed by atoms with Crippen LogP contribution in [0.1, 0.15) is 66.9 Å². The highest BCUT2D eigenvalue weighted by atomic mass is 32.1. The van der Waals surface area contributed by atoms with Crippen LogP contribution in [0.3, 0.4) is 0 Å². The Bertz CT molecular complexity index is 1340. The summed E-state index contributed by atoms with van der Waals surface area (Å²) >= 11 is 1.01. The molecule has 41 heavy (non-hydrogen) atoms. The van der Waals surface area contributed by atoms with Gasteiger partial charge in [-0.2, -0.15) is 0 Å². The summed E-state index contributed by atoms with van der Waals surface area (Å²) in [6.07, 6.45) is -0.740. The molecule has 1 fully saturated rings. The van der Waals surface area contributed by atoms with Crippen molar-refractivity contribution in [3.05, 3.63) is 16.9 Å². The van der Waals surface area contributed by atoms with Crippen molar-refractivity contribution in [2.45, 2.75) is 97.7 Å². The van der Waals surface area contributed by atoms with Crippen molar-refractivity contribution in [3.63, 3.8) is 0 Å². The molecule has 3 amide bonds. The second-order valence-corrected chi connectivity index (χ2v) is 12.5. The molecule has 1 aliphatic rings. The Balaban J connectivity index is 1.84. The van der Waals surface area contributed by atoms with Gasteiger partial charge in [0.25, 0.3) is 5.91 Å². The van der Waals surface area contributed by atoms with Gasteiger partial charge in [0.15, 0.2) is 10.8 Å². The van der Waals surface area contributed by atoms with Gasteiger partial charge in [-0.05, 0) is 72.7 Å². The average Bonchev–Trinajstić information content (AvgIpc) is 3.43. The zero-order valence-electron chi connectivity index (χ0n) is 24.4. The molecule has 2 aromatic rings. The molecule has 2 atom stereocenters. The van der Waals surface area contributed by atoms with E-state index >= 15 is 0 Å². The molecule has 0 radical (unpaired) electrons. The van der Waals surface area contributed by atoms with Gasteiger partial charge in [-0.15, -0.1) is 16.4 Å². The number of carbonyl (C=O) groups excluding carboxylic acids is 4. The van der Waals surface area contributed by atoms with Crippen molar-refractivity contribution in [2.75, 3.05) is 5.32 Å². The standard InChI is InChI=1S/C24H35N9O7S/c1-12-29-31-32-33(12)10-13-15(17(34)25-13)27-18(35)16(30-40-24(8,9)19(36)38-22(2,3)4)14-11-41-20(26-14)28-21(37)39-23(5,6)7/h11,13,15H,10H2,1-9H3,(H,25,34)(H,27,35)(H,26,28,37)/b30-16-/t13-,15+/m1/s1. The van der Waals surface area contributed by atoms with Gasteiger partial charge < -0.3 is 24.9 Å². The van der Waals surface area contributed by atoms with Gasteiger partial charge >= 0.3 is 12.1 Å². The highest BCUT2D eigenvalue weighted by molar-refractivity contribution is 7.14. The van der Waals surface area contributed by atoms with E-state index in [-0.39, 0.29) is 23.1 Å². The van der Waals surface area contributed by atoms with Crippen LogP contribution in [0.2, 0.25) is 0 Å². The van der Waals surface area contributed by atoms with Gasteiger partial charge in [0.05, 0.1) is 12.6 Å². The van der Waals surface area contributed by atoms with E-state index in [9.17, 15) is 19.2 Å². The van der Waals surface area contributed by atoms with Crippen molar-refractivity contribution in [1.29, 1.82) is 0 Å². The number of oxime groups is 1. The van der Waals surface area contributed by atoms with E-state index in [1.807, 2.05) is 0 Å². The summed E-state index contributed by atoms with van der Waals surface area (Å²) in [5, 5.41) is 24.6. The van der Waals surface area contributed by atoms with Gasteiger partial charge in [-0.1, -0.05) is 5.16 Å². The monoisotopic (exact) mass is 593 g/mol. The maximum Gasteiger partial charge on any atom is 0.413 e. The van der Waals surface area contributed by atoms with E-state index < -0.39 is 52.8 Å². The predicted molar refractivity (Wildman–Crippen MR) is 146 cm³/mol. The van der Waals surface area contributed by atoms with Crippen molar-refractivity contribution in [1.82, 2.24) is 35.8 Å². The fourth-order valence-corrected chi connectivity index (χ4v) is 3.89. The van der Waals surface area contributed by atoms with E-state index in [2.05, 4.69) is 41.6 Å². The first-order chi connectivity index (χ1) is 18.8. The quantitative estimate of drug-likeness (QED) is 0.164. The van der Waals surface area contributed by atoms with Gasteiger partial charge in [0, 0.05) is 5.38 Å². The summed E-state index contributed by atoms with van der Waals surface area (Å²) in [6, 6.07) is -1.44. The SMILES string of the molecule is Cc1nnnn1C[C@H]1NC(=O)[C@H]1NC(=O)/C(=N\OC(C)(C)C(=O)OC(C)(C)C)c1csc(NC(=O)OC(C)(C)C)n1. The number of anilines is 1. The third kappa shape index (κ3) is 8.67. The molecule has 0 bridgehead atoms. The fourth-order valence-electron chi connectivity index (χ4n) is 3.21. The van der Waals surface area contributed by atoms with E-state index in [0.717, 1.165) is 11.3 Å². The molecule has 0 saturated carbocycles.